The van der Waals surface area contributed by atoms with Crippen molar-refractivity contribution >= 4 is 16.0 Å². The van der Waals surface area contributed by atoms with Gasteiger partial charge in [0.2, 0.25) is 10.0 Å². The van der Waals surface area contributed by atoms with Crippen LogP contribution in [0.3, 0.4) is 0 Å². The van der Waals surface area contributed by atoms with Gasteiger partial charge in [-0.05, 0) is 18.2 Å². The molecule has 116 valence electrons. The highest BCUT2D eigenvalue weighted by Gasteiger charge is 2.42. The average Bonchev–Trinajstić information content (AvgIpc) is 2.41. The van der Waals surface area contributed by atoms with Gasteiger partial charge in [-0.25, -0.2) is 22.0 Å². The van der Waals surface area contributed by atoms with Crippen molar-refractivity contribution in [2.45, 2.75) is 23.3 Å². The van der Waals surface area contributed by atoms with Gasteiger partial charge in [0.25, 0.3) is 0 Å². The van der Waals surface area contributed by atoms with Gasteiger partial charge in [-0.15, -0.1) is 0 Å². The van der Waals surface area contributed by atoms with Crippen molar-refractivity contribution < 1.29 is 32.2 Å². The summed E-state index contributed by atoms with van der Waals surface area (Å²) in [6.07, 6.45) is -0.642. The van der Waals surface area contributed by atoms with Gasteiger partial charge in [0, 0.05) is 25.9 Å². The molecular weight excluding hydrogens is 308 g/mol. The first kappa shape index (κ1) is 15.8. The van der Waals surface area contributed by atoms with Crippen LogP contribution in [0, 0.1) is 11.6 Å². The maximum atomic E-state index is 13.6. The maximum absolute atomic E-state index is 13.6. The molecule has 1 aromatic rings. The van der Waals surface area contributed by atoms with Crippen LogP contribution in [0.25, 0.3) is 0 Å². The molecule has 0 spiro atoms. The van der Waals surface area contributed by atoms with E-state index in [9.17, 15) is 27.1 Å². The van der Waals surface area contributed by atoms with E-state index in [-0.39, 0.29) is 25.9 Å². The number of halogens is 2. The first-order valence-electron chi connectivity index (χ1n) is 6.08. The monoisotopic (exact) mass is 321 g/mol. The zero-order valence-electron chi connectivity index (χ0n) is 10.8. The molecule has 1 saturated heterocycles. The minimum atomic E-state index is -4.28. The molecule has 0 aromatic heterocycles. The summed E-state index contributed by atoms with van der Waals surface area (Å²) in [5.74, 6) is -3.42. The lowest BCUT2D eigenvalue weighted by atomic mass is 9.93. The summed E-state index contributed by atoms with van der Waals surface area (Å²) in [6.45, 7) is -0.581. The molecule has 2 N–H and O–H groups in total. The van der Waals surface area contributed by atoms with Crippen molar-refractivity contribution in [3.63, 3.8) is 0 Å². The van der Waals surface area contributed by atoms with Crippen molar-refractivity contribution in [2.75, 3.05) is 13.1 Å². The van der Waals surface area contributed by atoms with E-state index in [2.05, 4.69) is 0 Å². The van der Waals surface area contributed by atoms with E-state index in [1.54, 1.807) is 0 Å². The van der Waals surface area contributed by atoms with Crippen LogP contribution >= 0.6 is 0 Å². The number of carbonyl (C=O) groups is 1. The predicted molar refractivity (Wildman–Crippen MR) is 66.9 cm³/mol. The Morgan fingerprint density at radius 2 is 1.81 bits per heavy atom. The molecule has 1 aromatic carbocycles. The molecule has 1 aliphatic rings. The fraction of sp³-hybridized carbons (Fsp3) is 0.417. The number of carboxylic acid groups (broad SMARTS) is 1. The summed E-state index contributed by atoms with van der Waals surface area (Å²) in [6, 6.07) is 2.08. The highest BCUT2D eigenvalue weighted by molar-refractivity contribution is 7.89. The van der Waals surface area contributed by atoms with Gasteiger partial charge in [0.15, 0.2) is 5.60 Å². The van der Waals surface area contributed by atoms with Crippen LogP contribution in [0.4, 0.5) is 8.78 Å². The van der Waals surface area contributed by atoms with E-state index in [4.69, 9.17) is 5.11 Å². The molecule has 9 heteroatoms. The summed E-state index contributed by atoms with van der Waals surface area (Å²) in [7, 11) is -4.28. The van der Waals surface area contributed by atoms with E-state index in [1.165, 1.54) is 0 Å². The third kappa shape index (κ3) is 2.89. The largest absolute Gasteiger partial charge is 0.479 e. The molecular formula is C12H13F2NO5S. The first-order valence-corrected chi connectivity index (χ1v) is 7.52. The van der Waals surface area contributed by atoms with Crippen LogP contribution in [-0.4, -0.2) is 47.6 Å². The number of hydrogen-bond donors (Lipinski definition) is 2. The number of rotatable bonds is 3. The van der Waals surface area contributed by atoms with E-state index in [0.717, 1.165) is 10.4 Å². The minimum Gasteiger partial charge on any atom is -0.479 e. The predicted octanol–water partition coefficient (Wildman–Crippen LogP) is 0.565. The van der Waals surface area contributed by atoms with Crippen LogP contribution in [0.2, 0.25) is 0 Å². The quantitative estimate of drug-likeness (QED) is 0.848. The zero-order chi connectivity index (χ0) is 15.8. The number of piperidine rings is 1. The second kappa shape index (κ2) is 5.32. The van der Waals surface area contributed by atoms with Crippen LogP contribution in [0.5, 0.6) is 0 Å². The molecule has 0 atom stereocenters. The van der Waals surface area contributed by atoms with E-state index < -0.39 is 38.1 Å². The smallest absolute Gasteiger partial charge is 0.335 e. The van der Waals surface area contributed by atoms with Crippen molar-refractivity contribution in [3.8, 4) is 0 Å². The number of carboxylic acids is 1. The standard InChI is InChI=1S/C12H13F2NO5S/c13-8-1-2-9(14)10(7-8)21(19,20)15-5-3-12(18,4-6-15)11(16)17/h1-2,7,18H,3-6H2,(H,16,17). The number of benzene rings is 1. The molecule has 1 heterocycles. The molecule has 6 nitrogen and oxygen atoms in total. The van der Waals surface area contributed by atoms with Crippen LogP contribution < -0.4 is 0 Å². The second-order valence-electron chi connectivity index (χ2n) is 4.82. The highest BCUT2D eigenvalue weighted by atomic mass is 32.2. The van der Waals surface area contributed by atoms with E-state index in [1.807, 2.05) is 0 Å². The van der Waals surface area contributed by atoms with Crippen molar-refractivity contribution in [2.24, 2.45) is 0 Å². The van der Waals surface area contributed by atoms with Gasteiger partial charge in [0.1, 0.15) is 16.5 Å². The fourth-order valence-electron chi connectivity index (χ4n) is 2.12. The molecule has 0 bridgehead atoms. The van der Waals surface area contributed by atoms with Crippen molar-refractivity contribution in [1.82, 2.24) is 4.31 Å². The third-order valence-corrected chi connectivity index (χ3v) is 5.37. The van der Waals surface area contributed by atoms with Gasteiger partial charge < -0.3 is 10.2 Å². The SMILES string of the molecule is O=C(O)C1(O)CCN(S(=O)(=O)c2cc(F)ccc2F)CC1. The molecule has 0 radical (unpaired) electrons. The molecule has 2 rings (SSSR count). The summed E-state index contributed by atoms with van der Waals surface area (Å²) in [5, 5.41) is 18.6. The number of aliphatic hydroxyl groups is 1. The Balaban J connectivity index is 2.27. The summed E-state index contributed by atoms with van der Waals surface area (Å²) in [5.41, 5.74) is -1.99. The molecule has 21 heavy (non-hydrogen) atoms. The molecule has 1 fully saturated rings. The van der Waals surface area contributed by atoms with Gasteiger partial charge in [-0.2, -0.15) is 4.31 Å². The van der Waals surface area contributed by atoms with Crippen LogP contribution in [0.15, 0.2) is 23.1 Å². The number of nitrogens with zero attached hydrogens (tertiary/aromatic N) is 1. The number of hydrogen-bond acceptors (Lipinski definition) is 4. The normalized spacial score (nSPS) is 19.4. The van der Waals surface area contributed by atoms with Crippen LogP contribution in [0.1, 0.15) is 12.8 Å². The molecule has 0 unspecified atom stereocenters. The lowest BCUT2D eigenvalue weighted by Gasteiger charge is -2.34. The Bertz CT molecular complexity index is 668. The van der Waals surface area contributed by atoms with Gasteiger partial charge in [-0.3, -0.25) is 0 Å². The molecule has 0 aliphatic carbocycles. The van der Waals surface area contributed by atoms with Gasteiger partial charge in [0.05, 0.1) is 0 Å². The van der Waals surface area contributed by atoms with Crippen molar-refractivity contribution in [1.29, 1.82) is 0 Å². The van der Waals surface area contributed by atoms with Crippen molar-refractivity contribution in [3.05, 3.63) is 29.8 Å². The first-order chi connectivity index (χ1) is 9.67. The van der Waals surface area contributed by atoms with Gasteiger partial charge >= 0.3 is 5.97 Å². The fourth-order valence-corrected chi connectivity index (χ4v) is 3.64. The van der Waals surface area contributed by atoms with E-state index >= 15 is 0 Å². The third-order valence-electron chi connectivity index (χ3n) is 3.46. The Kier molecular flexibility index (Phi) is 4.00. The summed E-state index contributed by atoms with van der Waals surface area (Å²) >= 11 is 0. The molecule has 0 amide bonds. The Morgan fingerprint density at radius 1 is 1.24 bits per heavy atom. The molecule has 1 aliphatic heterocycles. The van der Waals surface area contributed by atoms with Crippen LogP contribution in [-0.2, 0) is 14.8 Å². The summed E-state index contributed by atoms with van der Waals surface area (Å²) in [4.78, 5) is 10.1. The lowest BCUT2D eigenvalue weighted by molar-refractivity contribution is -0.162. The lowest BCUT2D eigenvalue weighted by Crippen LogP contribution is -2.50. The Hall–Kier alpha value is -1.58. The second-order valence-corrected chi connectivity index (χ2v) is 6.72. The zero-order valence-corrected chi connectivity index (χ0v) is 11.6. The number of sulfonamides is 1. The van der Waals surface area contributed by atoms with E-state index in [0.29, 0.717) is 12.1 Å². The Morgan fingerprint density at radius 3 is 2.33 bits per heavy atom. The highest BCUT2D eigenvalue weighted by Crippen LogP contribution is 2.28. The topological polar surface area (TPSA) is 94.9 Å². The average molecular weight is 321 g/mol. The maximum Gasteiger partial charge on any atom is 0.335 e. The number of aliphatic carboxylic acids is 1. The Labute approximate surface area is 119 Å². The van der Waals surface area contributed by atoms with Gasteiger partial charge in [-0.1, -0.05) is 0 Å². The summed E-state index contributed by atoms with van der Waals surface area (Å²) < 4.78 is 52.0. The molecule has 0 saturated carbocycles. The minimum absolute atomic E-state index is 0.291.